The lowest BCUT2D eigenvalue weighted by atomic mass is 10.5. The number of hydrogen-bond donors (Lipinski definition) is 3. The molecule has 50 valence electrons. The van der Waals surface area contributed by atoms with E-state index < -0.39 is 0 Å². The van der Waals surface area contributed by atoms with Crippen molar-refractivity contribution in [2.24, 2.45) is 10.8 Å². The highest BCUT2D eigenvalue weighted by Gasteiger charge is 1.80. The normalized spacial score (nSPS) is 10.6. The summed E-state index contributed by atoms with van der Waals surface area (Å²) in [5.74, 6) is 0.274. The molecule has 4 heteroatoms. The summed E-state index contributed by atoms with van der Waals surface area (Å²) in [6.07, 6.45) is 1.12. The topological polar surface area (TPSA) is 74.3 Å². The lowest BCUT2D eigenvalue weighted by Gasteiger charge is -1.95. The zero-order valence-electron chi connectivity index (χ0n) is 5.31. The third-order valence-electron chi connectivity index (χ3n) is 0.585. The summed E-state index contributed by atoms with van der Waals surface area (Å²) in [6.45, 7) is 5.03. The van der Waals surface area contributed by atoms with E-state index in [0.717, 1.165) is 6.21 Å². The third kappa shape index (κ3) is 4.53. The quantitative estimate of drug-likeness (QED) is 0.368. The molecule has 0 spiro atoms. The molecule has 0 saturated carbocycles. The van der Waals surface area contributed by atoms with Gasteiger partial charge in [-0.05, 0) is 6.92 Å². The maximum Gasteiger partial charge on any atom is 0.109 e. The fourth-order valence-corrected chi connectivity index (χ4v) is 0.192. The van der Waals surface area contributed by atoms with Crippen molar-refractivity contribution in [3.05, 3.63) is 12.4 Å². The number of rotatable bonds is 3. The van der Waals surface area contributed by atoms with Gasteiger partial charge in [0.05, 0.1) is 5.71 Å². The summed E-state index contributed by atoms with van der Waals surface area (Å²) in [7, 11) is 0. The molecule has 0 aliphatic heterocycles. The number of nitrogens with two attached hydrogens (primary N) is 1. The Bertz CT molecular complexity index is 147. The number of nitrogens with zero attached hydrogens (tertiary/aromatic N) is 1. The second-order valence-corrected chi connectivity index (χ2v) is 1.53. The van der Waals surface area contributed by atoms with Crippen LogP contribution in [0.2, 0.25) is 0 Å². The largest absolute Gasteiger partial charge is 0.385 e. The van der Waals surface area contributed by atoms with E-state index in [-0.39, 0.29) is 5.82 Å². The van der Waals surface area contributed by atoms with Crippen molar-refractivity contribution in [3.8, 4) is 0 Å². The summed E-state index contributed by atoms with van der Waals surface area (Å²) in [6, 6.07) is 0. The van der Waals surface area contributed by atoms with Gasteiger partial charge in [0.15, 0.2) is 0 Å². The van der Waals surface area contributed by atoms with E-state index >= 15 is 0 Å². The van der Waals surface area contributed by atoms with Crippen LogP contribution in [0.1, 0.15) is 6.92 Å². The Morgan fingerprint density at radius 2 is 2.44 bits per heavy atom. The van der Waals surface area contributed by atoms with Gasteiger partial charge in [-0.15, -0.1) is 0 Å². The van der Waals surface area contributed by atoms with E-state index in [0.29, 0.717) is 5.71 Å². The monoisotopic (exact) mass is 126 g/mol. The van der Waals surface area contributed by atoms with Crippen LogP contribution in [0.3, 0.4) is 0 Å². The molecule has 0 bridgehead atoms. The van der Waals surface area contributed by atoms with Crippen LogP contribution in [0, 0.1) is 5.41 Å². The predicted octanol–water partition coefficient (Wildman–Crippen LogP) is 0.0314. The predicted molar refractivity (Wildman–Crippen MR) is 38.4 cm³/mol. The van der Waals surface area contributed by atoms with Gasteiger partial charge in [0.25, 0.3) is 0 Å². The molecule has 0 rings (SSSR count). The molecule has 0 aliphatic rings. The van der Waals surface area contributed by atoms with Gasteiger partial charge in [0.1, 0.15) is 5.82 Å². The van der Waals surface area contributed by atoms with E-state index in [9.17, 15) is 0 Å². The third-order valence-corrected chi connectivity index (χ3v) is 0.585. The van der Waals surface area contributed by atoms with E-state index in [2.05, 4.69) is 17.1 Å². The SMILES string of the molecule is C=C(N)N/N=C(\C)C=N. The molecule has 4 nitrogen and oxygen atoms in total. The summed E-state index contributed by atoms with van der Waals surface area (Å²) in [5.41, 5.74) is 8.08. The Labute approximate surface area is 53.9 Å². The summed E-state index contributed by atoms with van der Waals surface area (Å²) in [5, 5.41) is 10.3. The average Bonchev–Trinajstić information content (AvgIpc) is 1.83. The highest BCUT2D eigenvalue weighted by Crippen LogP contribution is 1.70. The van der Waals surface area contributed by atoms with Crippen LogP contribution in [-0.4, -0.2) is 11.9 Å². The van der Waals surface area contributed by atoms with Gasteiger partial charge < -0.3 is 11.1 Å². The molecule has 0 aromatic rings. The van der Waals surface area contributed by atoms with Gasteiger partial charge in [-0.2, -0.15) is 5.10 Å². The Morgan fingerprint density at radius 3 is 2.78 bits per heavy atom. The first kappa shape index (κ1) is 7.68. The summed E-state index contributed by atoms with van der Waals surface area (Å²) < 4.78 is 0. The van der Waals surface area contributed by atoms with Crippen molar-refractivity contribution in [2.45, 2.75) is 6.92 Å². The second kappa shape index (κ2) is 3.65. The van der Waals surface area contributed by atoms with E-state index in [4.69, 9.17) is 11.1 Å². The first-order valence-corrected chi connectivity index (χ1v) is 2.42. The van der Waals surface area contributed by atoms with Gasteiger partial charge in [-0.1, -0.05) is 6.58 Å². The lowest BCUT2D eigenvalue weighted by Crippen LogP contribution is -2.14. The Hall–Kier alpha value is -1.32. The Balaban J connectivity index is 3.69. The van der Waals surface area contributed by atoms with Crippen molar-refractivity contribution < 1.29 is 0 Å². The number of hydrazone groups is 1. The molecule has 0 atom stereocenters. The van der Waals surface area contributed by atoms with Crippen molar-refractivity contribution in [3.63, 3.8) is 0 Å². The van der Waals surface area contributed by atoms with Gasteiger partial charge in [-0.3, -0.25) is 5.43 Å². The molecular formula is C5H10N4. The van der Waals surface area contributed by atoms with Crippen LogP contribution in [0.4, 0.5) is 0 Å². The average molecular weight is 126 g/mol. The number of nitrogens with one attached hydrogen (secondary N) is 2. The van der Waals surface area contributed by atoms with Crippen LogP contribution < -0.4 is 11.2 Å². The van der Waals surface area contributed by atoms with Crippen molar-refractivity contribution in [2.75, 3.05) is 0 Å². The van der Waals surface area contributed by atoms with Crippen LogP contribution in [-0.2, 0) is 0 Å². The minimum Gasteiger partial charge on any atom is -0.385 e. The molecule has 0 amide bonds. The molecule has 0 radical (unpaired) electrons. The fraction of sp³-hybridized carbons (Fsp3) is 0.200. The van der Waals surface area contributed by atoms with Crippen LogP contribution in [0.5, 0.6) is 0 Å². The summed E-state index contributed by atoms with van der Waals surface area (Å²) >= 11 is 0. The van der Waals surface area contributed by atoms with Crippen LogP contribution in [0.15, 0.2) is 17.5 Å². The maximum atomic E-state index is 6.69. The standard InChI is InChI=1S/C5H10N4/c1-4(3-6)8-9-5(2)7/h3,6,9H,2,7H2,1H3/b6-3?,8-4+. The minimum atomic E-state index is 0.274. The fourth-order valence-electron chi connectivity index (χ4n) is 0.192. The molecule has 0 unspecified atom stereocenters. The molecule has 9 heavy (non-hydrogen) atoms. The van der Waals surface area contributed by atoms with Crippen LogP contribution in [0.25, 0.3) is 0 Å². The highest BCUT2D eigenvalue weighted by atomic mass is 15.3. The molecule has 0 saturated heterocycles. The Kier molecular flexibility index (Phi) is 3.12. The van der Waals surface area contributed by atoms with Gasteiger partial charge in [-0.25, -0.2) is 0 Å². The Morgan fingerprint density at radius 1 is 1.89 bits per heavy atom. The van der Waals surface area contributed by atoms with Crippen LogP contribution >= 0.6 is 0 Å². The molecule has 4 N–H and O–H groups in total. The molecule has 0 fully saturated rings. The van der Waals surface area contributed by atoms with E-state index in [1.54, 1.807) is 6.92 Å². The zero-order chi connectivity index (χ0) is 7.28. The lowest BCUT2D eigenvalue weighted by molar-refractivity contribution is 0.878. The van der Waals surface area contributed by atoms with E-state index in [1.165, 1.54) is 0 Å². The van der Waals surface area contributed by atoms with E-state index in [1.807, 2.05) is 0 Å². The minimum absolute atomic E-state index is 0.274. The second-order valence-electron chi connectivity index (χ2n) is 1.53. The summed E-state index contributed by atoms with van der Waals surface area (Å²) in [4.78, 5) is 0. The van der Waals surface area contributed by atoms with Crippen molar-refractivity contribution in [1.82, 2.24) is 5.43 Å². The first-order chi connectivity index (χ1) is 4.16. The zero-order valence-corrected chi connectivity index (χ0v) is 5.31. The van der Waals surface area contributed by atoms with Gasteiger partial charge >= 0.3 is 0 Å². The highest BCUT2D eigenvalue weighted by molar-refractivity contribution is 6.28. The van der Waals surface area contributed by atoms with Gasteiger partial charge in [0, 0.05) is 6.21 Å². The van der Waals surface area contributed by atoms with Crippen molar-refractivity contribution in [1.29, 1.82) is 5.41 Å². The molecule has 0 aromatic carbocycles. The van der Waals surface area contributed by atoms with Crippen molar-refractivity contribution >= 4 is 11.9 Å². The van der Waals surface area contributed by atoms with Gasteiger partial charge in [0.2, 0.25) is 0 Å². The number of hydrogen-bond acceptors (Lipinski definition) is 4. The molecular weight excluding hydrogens is 116 g/mol. The molecule has 0 heterocycles. The molecule has 0 aromatic heterocycles. The maximum absolute atomic E-state index is 6.69. The molecule has 0 aliphatic carbocycles. The first-order valence-electron chi connectivity index (χ1n) is 2.42. The smallest absolute Gasteiger partial charge is 0.109 e.